The molecule has 1 aliphatic rings. The van der Waals surface area contributed by atoms with Crippen LogP contribution in [0.5, 0.6) is 0 Å². The number of carbonyl (C=O) groups excluding carboxylic acids is 1. The van der Waals surface area contributed by atoms with Crippen molar-refractivity contribution in [1.29, 1.82) is 0 Å². The van der Waals surface area contributed by atoms with Crippen molar-refractivity contribution in [3.05, 3.63) is 78.0 Å². The molecule has 0 bridgehead atoms. The van der Waals surface area contributed by atoms with Crippen LogP contribution in [0.15, 0.2) is 61.1 Å². The summed E-state index contributed by atoms with van der Waals surface area (Å²) < 4.78 is 13.0. The van der Waals surface area contributed by atoms with Crippen molar-refractivity contribution in [1.82, 2.24) is 19.9 Å². The summed E-state index contributed by atoms with van der Waals surface area (Å²) in [6.07, 6.45) is 5.06. The number of nitrogens with one attached hydrogen (secondary N) is 1. The highest BCUT2D eigenvalue weighted by atomic mass is 19.1. The maximum Gasteiger partial charge on any atom is 0.254 e. The Bertz CT molecular complexity index is 958. The number of aromatic nitrogens is 3. The second-order valence-electron chi connectivity index (χ2n) is 6.74. The van der Waals surface area contributed by atoms with Crippen LogP contribution in [0, 0.1) is 5.82 Å². The molecular weight excluding hydrogens is 371 g/mol. The Morgan fingerprint density at radius 1 is 0.966 bits per heavy atom. The molecule has 4 rings (SSSR count). The number of halogens is 1. The van der Waals surface area contributed by atoms with Crippen molar-refractivity contribution < 1.29 is 9.18 Å². The SMILES string of the molecule is O=C(c1ccnc(NCc2ccc(F)cc2)c1)N1CCN(c2ncccn2)CC1. The smallest absolute Gasteiger partial charge is 0.254 e. The lowest BCUT2D eigenvalue weighted by molar-refractivity contribution is 0.0746. The maximum absolute atomic E-state index is 13.0. The minimum atomic E-state index is -0.265. The van der Waals surface area contributed by atoms with E-state index in [-0.39, 0.29) is 11.7 Å². The van der Waals surface area contributed by atoms with Gasteiger partial charge >= 0.3 is 0 Å². The average Bonchev–Trinajstić information content (AvgIpc) is 2.79. The predicted molar refractivity (Wildman–Crippen MR) is 108 cm³/mol. The van der Waals surface area contributed by atoms with E-state index in [2.05, 4.69) is 25.2 Å². The second-order valence-corrected chi connectivity index (χ2v) is 6.74. The summed E-state index contributed by atoms with van der Waals surface area (Å²) in [4.78, 5) is 29.6. The fourth-order valence-corrected chi connectivity index (χ4v) is 3.20. The van der Waals surface area contributed by atoms with Crippen molar-refractivity contribution in [2.45, 2.75) is 6.54 Å². The van der Waals surface area contributed by atoms with Crippen LogP contribution < -0.4 is 10.2 Å². The van der Waals surface area contributed by atoms with Gasteiger partial charge in [-0.25, -0.2) is 19.3 Å². The van der Waals surface area contributed by atoms with Crippen LogP contribution in [-0.2, 0) is 6.54 Å². The third-order valence-corrected chi connectivity index (χ3v) is 4.80. The zero-order valence-electron chi connectivity index (χ0n) is 15.8. The van der Waals surface area contributed by atoms with Crippen molar-refractivity contribution >= 4 is 17.7 Å². The topological polar surface area (TPSA) is 74.2 Å². The van der Waals surface area contributed by atoms with E-state index in [1.807, 2.05) is 4.90 Å². The largest absolute Gasteiger partial charge is 0.366 e. The van der Waals surface area contributed by atoms with Gasteiger partial charge in [-0.05, 0) is 35.9 Å². The molecule has 0 saturated carbocycles. The Labute approximate surface area is 168 Å². The predicted octanol–water partition coefficient (Wildman–Crippen LogP) is 2.59. The fraction of sp³-hybridized carbons (Fsp3) is 0.238. The summed E-state index contributed by atoms with van der Waals surface area (Å²) in [6, 6.07) is 11.5. The Kier molecular flexibility index (Phi) is 5.60. The molecule has 1 aromatic carbocycles. The molecule has 29 heavy (non-hydrogen) atoms. The number of rotatable bonds is 5. The molecule has 7 nitrogen and oxygen atoms in total. The molecule has 1 fully saturated rings. The zero-order chi connectivity index (χ0) is 20.1. The minimum absolute atomic E-state index is 0.0223. The van der Waals surface area contributed by atoms with E-state index in [9.17, 15) is 9.18 Å². The van der Waals surface area contributed by atoms with Crippen LogP contribution in [0.3, 0.4) is 0 Å². The van der Waals surface area contributed by atoms with Gasteiger partial charge in [-0.15, -0.1) is 0 Å². The number of anilines is 2. The monoisotopic (exact) mass is 392 g/mol. The molecule has 1 aliphatic heterocycles. The van der Waals surface area contributed by atoms with Crippen LogP contribution in [-0.4, -0.2) is 51.9 Å². The van der Waals surface area contributed by atoms with Crippen molar-refractivity contribution in [3.8, 4) is 0 Å². The van der Waals surface area contributed by atoms with Gasteiger partial charge < -0.3 is 15.1 Å². The second kappa shape index (κ2) is 8.64. The molecule has 0 aliphatic carbocycles. The van der Waals surface area contributed by atoms with Crippen molar-refractivity contribution in [2.24, 2.45) is 0 Å². The van der Waals surface area contributed by atoms with E-state index >= 15 is 0 Å². The van der Waals surface area contributed by atoms with Crippen LogP contribution in [0.25, 0.3) is 0 Å². The maximum atomic E-state index is 13.0. The molecule has 3 aromatic rings. The van der Waals surface area contributed by atoms with Crippen molar-refractivity contribution in [2.75, 3.05) is 36.4 Å². The number of carbonyl (C=O) groups is 1. The summed E-state index contributed by atoms with van der Waals surface area (Å²) in [6.45, 7) is 3.10. The summed E-state index contributed by atoms with van der Waals surface area (Å²) in [5.74, 6) is 1.01. The first-order valence-electron chi connectivity index (χ1n) is 9.45. The summed E-state index contributed by atoms with van der Waals surface area (Å²) in [5, 5.41) is 3.18. The summed E-state index contributed by atoms with van der Waals surface area (Å²) in [7, 11) is 0. The van der Waals surface area contributed by atoms with Crippen LogP contribution in [0.1, 0.15) is 15.9 Å². The third kappa shape index (κ3) is 4.66. The van der Waals surface area contributed by atoms with E-state index in [1.54, 1.807) is 48.9 Å². The molecule has 0 radical (unpaired) electrons. The van der Waals surface area contributed by atoms with Gasteiger partial charge in [-0.1, -0.05) is 12.1 Å². The highest BCUT2D eigenvalue weighted by Gasteiger charge is 2.23. The number of hydrogen-bond acceptors (Lipinski definition) is 6. The van der Waals surface area contributed by atoms with Crippen LogP contribution in [0.4, 0.5) is 16.2 Å². The zero-order valence-corrected chi connectivity index (χ0v) is 15.8. The molecule has 8 heteroatoms. The lowest BCUT2D eigenvalue weighted by atomic mass is 10.2. The van der Waals surface area contributed by atoms with Gasteiger partial charge in [-0.2, -0.15) is 0 Å². The molecule has 0 atom stereocenters. The molecule has 3 heterocycles. The standard InChI is InChI=1S/C21H21FN6O/c22-18-4-2-16(3-5-18)15-26-19-14-17(6-9-23-19)20(29)27-10-12-28(13-11-27)21-24-7-1-8-25-21/h1-9,14H,10-13,15H2,(H,23,26). The molecule has 148 valence electrons. The van der Waals surface area contributed by atoms with Crippen molar-refractivity contribution in [3.63, 3.8) is 0 Å². The van der Waals surface area contributed by atoms with E-state index in [0.717, 1.165) is 5.56 Å². The van der Waals surface area contributed by atoms with Crippen LogP contribution >= 0.6 is 0 Å². The van der Waals surface area contributed by atoms with Gasteiger partial charge in [0, 0.05) is 56.9 Å². The normalized spacial score (nSPS) is 14.0. The number of hydrogen-bond donors (Lipinski definition) is 1. The third-order valence-electron chi connectivity index (χ3n) is 4.80. The Balaban J connectivity index is 1.35. The van der Waals surface area contributed by atoms with Gasteiger partial charge in [0.15, 0.2) is 0 Å². The molecule has 2 aromatic heterocycles. The number of benzene rings is 1. The molecular formula is C21H21FN6O. The molecule has 0 spiro atoms. The number of amides is 1. The lowest BCUT2D eigenvalue weighted by Crippen LogP contribution is -2.49. The first-order chi connectivity index (χ1) is 14.2. The Morgan fingerprint density at radius 3 is 2.41 bits per heavy atom. The van der Waals surface area contributed by atoms with E-state index < -0.39 is 0 Å². The Hall–Kier alpha value is -3.55. The highest BCUT2D eigenvalue weighted by molar-refractivity contribution is 5.95. The van der Waals surface area contributed by atoms with Gasteiger partial charge in [0.25, 0.3) is 5.91 Å². The van der Waals surface area contributed by atoms with Crippen LogP contribution in [0.2, 0.25) is 0 Å². The average molecular weight is 392 g/mol. The quantitative estimate of drug-likeness (QED) is 0.720. The highest BCUT2D eigenvalue weighted by Crippen LogP contribution is 2.15. The van der Waals surface area contributed by atoms with Gasteiger partial charge in [0.05, 0.1) is 0 Å². The van der Waals surface area contributed by atoms with E-state index in [0.29, 0.717) is 50.1 Å². The fourth-order valence-electron chi connectivity index (χ4n) is 3.20. The first kappa shape index (κ1) is 18.8. The van der Waals surface area contributed by atoms with E-state index in [1.165, 1.54) is 12.1 Å². The molecule has 0 unspecified atom stereocenters. The van der Waals surface area contributed by atoms with Gasteiger partial charge in [-0.3, -0.25) is 4.79 Å². The molecule has 1 amide bonds. The molecule has 1 saturated heterocycles. The van der Waals surface area contributed by atoms with E-state index in [4.69, 9.17) is 0 Å². The number of nitrogens with zero attached hydrogens (tertiary/aromatic N) is 5. The number of piperazine rings is 1. The summed E-state index contributed by atoms with van der Waals surface area (Å²) >= 11 is 0. The minimum Gasteiger partial charge on any atom is -0.366 e. The first-order valence-corrected chi connectivity index (χ1v) is 9.45. The Morgan fingerprint density at radius 2 is 1.69 bits per heavy atom. The molecule has 1 N–H and O–H groups in total. The summed E-state index contributed by atoms with van der Waals surface area (Å²) in [5.41, 5.74) is 1.52. The van der Waals surface area contributed by atoms with Gasteiger partial charge in [0.1, 0.15) is 11.6 Å². The lowest BCUT2D eigenvalue weighted by Gasteiger charge is -2.34. The van der Waals surface area contributed by atoms with Gasteiger partial charge in [0.2, 0.25) is 5.95 Å². The number of pyridine rings is 1.